The van der Waals surface area contributed by atoms with Crippen LogP contribution in [0.5, 0.6) is 0 Å². The van der Waals surface area contributed by atoms with Crippen LogP contribution in [0.4, 0.5) is 11.4 Å². The van der Waals surface area contributed by atoms with Gasteiger partial charge in [0, 0.05) is 13.0 Å². The zero-order valence-electron chi connectivity index (χ0n) is 12.0. The van der Waals surface area contributed by atoms with E-state index >= 15 is 0 Å². The highest BCUT2D eigenvalue weighted by Gasteiger charge is 2.21. The zero-order chi connectivity index (χ0) is 14.8. The maximum Gasteiger partial charge on any atom is 0.108 e. The van der Waals surface area contributed by atoms with Crippen molar-refractivity contribution in [1.29, 1.82) is 10.8 Å². The molecule has 106 valence electrons. The van der Waals surface area contributed by atoms with Gasteiger partial charge >= 0.3 is 0 Å². The zero-order valence-corrected chi connectivity index (χ0v) is 12.0. The van der Waals surface area contributed by atoms with E-state index in [-0.39, 0.29) is 0 Å². The first-order chi connectivity index (χ1) is 10.2. The summed E-state index contributed by atoms with van der Waals surface area (Å²) in [7, 11) is 0. The number of hydrogen-bond donors (Lipinski definition) is 3. The van der Waals surface area contributed by atoms with Gasteiger partial charge in [-0.1, -0.05) is 36.4 Å². The molecule has 3 N–H and O–H groups in total. The van der Waals surface area contributed by atoms with Crippen LogP contribution in [0.1, 0.15) is 13.3 Å². The molecule has 0 aliphatic carbocycles. The summed E-state index contributed by atoms with van der Waals surface area (Å²) in [6.45, 7) is 2.43. The molecule has 4 nitrogen and oxygen atoms in total. The Hall–Kier alpha value is -2.62. The Morgan fingerprint density at radius 1 is 1.10 bits per heavy atom. The van der Waals surface area contributed by atoms with E-state index in [9.17, 15) is 0 Å². The predicted molar refractivity (Wildman–Crippen MR) is 88.6 cm³/mol. The Kier molecular flexibility index (Phi) is 3.44. The van der Waals surface area contributed by atoms with E-state index in [2.05, 4.69) is 23.5 Å². The number of anilines is 2. The van der Waals surface area contributed by atoms with Crippen LogP contribution in [-0.2, 0) is 0 Å². The third-order valence-corrected chi connectivity index (χ3v) is 3.63. The molecule has 2 aromatic rings. The SMILES string of the molecule is CC(=N)N1C(=N)CCNc2cc(-c3ccccc3)ccc21. The van der Waals surface area contributed by atoms with Crippen LogP contribution >= 0.6 is 0 Å². The van der Waals surface area contributed by atoms with Gasteiger partial charge in [0.2, 0.25) is 0 Å². The summed E-state index contributed by atoms with van der Waals surface area (Å²) < 4.78 is 0. The molecule has 21 heavy (non-hydrogen) atoms. The van der Waals surface area contributed by atoms with E-state index in [1.54, 1.807) is 11.8 Å². The van der Waals surface area contributed by atoms with Gasteiger partial charge in [-0.25, -0.2) is 0 Å². The van der Waals surface area contributed by atoms with Crippen molar-refractivity contribution < 1.29 is 0 Å². The van der Waals surface area contributed by atoms with Crippen molar-refractivity contribution in [1.82, 2.24) is 0 Å². The molecule has 0 radical (unpaired) electrons. The summed E-state index contributed by atoms with van der Waals surface area (Å²) in [4.78, 5) is 1.70. The largest absolute Gasteiger partial charge is 0.383 e. The van der Waals surface area contributed by atoms with Crippen LogP contribution in [0, 0.1) is 10.8 Å². The lowest BCUT2D eigenvalue weighted by atomic mass is 10.0. The molecule has 0 saturated heterocycles. The Balaban J connectivity index is 2.08. The topological polar surface area (TPSA) is 63.0 Å². The number of rotatable bonds is 1. The van der Waals surface area contributed by atoms with Crippen LogP contribution in [0.3, 0.4) is 0 Å². The average molecular weight is 278 g/mol. The average Bonchev–Trinajstić information content (AvgIpc) is 2.65. The quantitative estimate of drug-likeness (QED) is 0.546. The van der Waals surface area contributed by atoms with Gasteiger partial charge in [0.25, 0.3) is 0 Å². The van der Waals surface area contributed by atoms with E-state index in [1.165, 1.54) is 5.56 Å². The normalized spacial score (nSPS) is 14.1. The van der Waals surface area contributed by atoms with E-state index in [0.717, 1.165) is 16.9 Å². The molecule has 4 heteroatoms. The molecular weight excluding hydrogens is 260 g/mol. The van der Waals surface area contributed by atoms with Crippen molar-refractivity contribution in [3.05, 3.63) is 48.5 Å². The fraction of sp³-hybridized carbons (Fsp3) is 0.176. The first-order valence-electron chi connectivity index (χ1n) is 7.03. The van der Waals surface area contributed by atoms with Crippen molar-refractivity contribution in [3.8, 4) is 11.1 Å². The summed E-state index contributed by atoms with van der Waals surface area (Å²) in [5.41, 5.74) is 4.16. The van der Waals surface area contributed by atoms with Gasteiger partial charge in [-0.05, 0) is 30.2 Å². The molecule has 0 atom stereocenters. The smallest absolute Gasteiger partial charge is 0.108 e. The summed E-state index contributed by atoms with van der Waals surface area (Å²) in [6.07, 6.45) is 0.617. The molecule has 0 aromatic heterocycles. The highest BCUT2D eigenvalue weighted by molar-refractivity contribution is 6.18. The molecule has 1 aliphatic rings. The molecule has 0 unspecified atom stereocenters. The van der Waals surface area contributed by atoms with Crippen molar-refractivity contribution in [2.75, 3.05) is 16.8 Å². The Bertz CT molecular complexity index is 691. The minimum Gasteiger partial charge on any atom is -0.383 e. The van der Waals surface area contributed by atoms with Gasteiger partial charge in [0.05, 0.1) is 11.4 Å². The molecule has 2 aromatic carbocycles. The summed E-state index contributed by atoms with van der Waals surface area (Å²) in [5, 5.41) is 19.4. The second-order valence-corrected chi connectivity index (χ2v) is 5.14. The van der Waals surface area contributed by atoms with Crippen LogP contribution < -0.4 is 10.2 Å². The second-order valence-electron chi connectivity index (χ2n) is 5.14. The highest BCUT2D eigenvalue weighted by Crippen LogP contribution is 2.33. The lowest BCUT2D eigenvalue weighted by Crippen LogP contribution is -2.33. The fourth-order valence-electron chi connectivity index (χ4n) is 2.64. The molecule has 0 bridgehead atoms. The Morgan fingerprint density at radius 2 is 1.86 bits per heavy atom. The first kappa shape index (κ1) is 13.4. The third kappa shape index (κ3) is 2.52. The van der Waals surface area contributed by atoms with Crippen molar-refractivity contribution >= 4 is 23.0 Å². The van der Waals surface area contributed by atoms with Gasteiger partial charge < -0.3 is 5.32 Å². The molecular formula is C17H18N4. The Morgan fingerprint density at radius 3 is 2.57 bits per heavy atom. The standard InChI is InChI=1S/C17H18N4/c1-12(18)21-16-8-7-14(13-5-3-2-4-6-13)11-15(16)20-10-9-17(21)19/h2-8,11,18-20H,9-10H2,1H3. The molecule has 0 amide bonds. The van der Waals surface area contributed by atoms with E-state index in [0.29, 0.717) is 24.6 Å². The lowest BCUT2D eigenvalue weighted by Gasteiger charge is -2.23. The highest BCUT2D eigenvalue weighted by atomic mass is 15.2. The molecule has 1 aliphatic heterocycles. The van der Waals surface area contributed by atoms with Crippen molar-refractivity contribution in [3.63, 3.8) is 0 Å². The van der Waals surface area contributed by atoms with Crippen LogP contribution in [0.15, 0.2) is 48.5 Å². The Labute approximate surface area is 124 Å². The summed E-state index contributed by atoms with van der Waals surface area (Å²) in [6, 6.07) is 16.4. The number of amidine groups is 2. The third-order valence-electron chi connectivity index (χ3n) is 3.63. The lowest BCUT2D eigenvalue weighted by molar-refractivity contribution is 1.09. The van der Waals surface area contributed by atoms with Gasteiger partial charge in [-0.2, -0.15) is 0 Å². The minimum absolute atomic E-state index is 0.373. The van der Waals surface area contributed by atoms with Gasteiger partial charge in [-0.3, -0.25) is 15.7 Å². The number of nitrogens with zero attached hydrogens (tertiary/aromatic N) is 1. The number of fused-ring (bicyclic) bond motifs is 1. The van der Waals surface area contributed by atoms with Crippen molar-refractivity contribution in [2.24, 2.45) is 0 Å². The molecule has 1 heterocycles. The summed E-state index contributed by atoms with van der Waals surface area (Å²) in [5.74, 6) is 0.832. The van der Waals surface area contributed by atoms with Crippen LogP contribution in [0.25, 0.3) is 11.1 Å². The molecule has 3 rings (SSSR count). The maximum atomic E-state index is 8.11. The predicted octanol–water partition coefficient (Wildman–Crippen LogP) is 3.95. The second kappa shape index (κ2) is 5.40. The number of hydrogen-bond acceptors (Lipinski definition) is 3. The van der Waals surface area contributed by atoms with Crippen LogP contribution in [0.2, 0.25) is 0 Å². The number of benzene rings is 2. The van der Waals surface area contributed by atoms with Crippen molar-refractivity contribution in [2.45, 2.75) is 13.3 Å². The molecule has 0 spiro atoms. The monoisotopic (exact) mass is 278 g/mol. The van der Waals surface area contributed by atoms with Gasteiger partial charge in [0.15, 0.2) is 0 Å². The minimum atomic E-state index is 0.373. The van der Waals surface area contributed by atoms with Gasteiger partial charge in [-0.15, -0.1) is 0 Å². The van der Waals surface area contributed by atoms with Crippen LogP contribution in [-0.4, -0.2) is 18.2 Å². The number of nitrogens with one attached hydrogen (secondary N) is 3. The fourth-order valence-corrected chi connectivity index (χ4v) is 2.64. The van der Waals surface area contributed by atoms with E-state index in [1.807, 2.05) is 30.3 Å². The van der Waals surface area contributed by atoms with Gasteiger partial charge in [0.1, 0.15) is 11.7 Å². The first-order valence-corrected chi connectivity index (χ1v) is 7.03. The van der Waals surface area contributed by atoms with E-state index in [4.69, 9.17) is 10.8 Å². The van der Waals surface area contributed by atoms with E-state index < -0.39 is 0 Å². The molecule has 0 fully saturated rings. The summed E-state index contributed by atoms with van der Waals surface area (Å²) >= 11 is 0. The maximum absolute atomic E-state index is 8.11. The molecule has 0 saturated carbocycles.